The maximum atomic E-state index is 5.54. The number of hydrogen-bond acceptors (Lipinski definition) is 4. The fourth-order valence-corrected chi connectivity index (χ4v) is 1.77. The van der Waals surface area contributed by atoms with Gasteiger partial charge in [0, 0.05) is 18.3 Å². The summed E-state index contributed by atoms with van der Waals surface area (Å²) in [6, 6.07) is 0. The highest BCUT2D eigenvalue weighted by Gasteiger charge is 2.11. The van der Waals surface area contributed by atoms with E-state index in [1.165, 1.54) is 0 Å². The Balaban J connectivity index is 2.27. The quantitative estimate of drug-likeness (QED) is 0.838. The number of nitrogens with two attached hydrogens (primary N) is 1. The van der Waals surface area contributed by atoms with Crippen LogP contribution in [0.25, 0.3) is 11.4 Å². The van der Waals surface area contributed by atoms with Crippen LogP contribution in [0.2, 0.25) is 0 Å². The Bertz CT molecular complexity index is 491. The second kappa shape index (κ2) is 5.05. The molecule has 0 spiro atoms. The van der Waals surface area contributed by atoms with Crippen molar-refractivity contribution < 1.29 is 0 Å². The van der Waals surface area contributed by atoms with Crippen molar-refractivity contribution in [2.24, 2.45) is 5.73 Å². The zero-order chi connectivity index (χ0) is 12.3. The minimum Gasteiger partial charge on any atom is -0.340 e. The van der Waals surface area contributed by atoms with Crippen molar-refractivity contribution in [1.82, 2.24) is 19.9 Å². The monoisotopic (exact) mass is 231 g/mol. The van der Waals surface area contributed by atoms with Crippen molar-refractivity contribution in [2.75, 3.05) is 6.54 Å². The fraction of sp³-hybridized carbons (Fsp3) is 0.417. The molecule has 90 valence electrons. The van der Waals surface area contributed by atoms with Crippen LogP contribution in [-0.4, -0.2) is 26.5 Å². The lowest BCUT2D eigenvalue weighted by Crippen LogP contribution is -2.05. The van der Waals surface area contributed by atoms with E-state index in [1.54, 1.807) is 18.6 Å². The summed E-state index contributed by atoms with van der Waals surface area (Å²) in [6.45, 7) is 4.71. The van der Waals surface area contributed by atoms with Gasteiger partial charge in [-0.25, -0.2) is 4.98 Å². The van der Waals surface area contributed by atoms with E-state index in [1.807, 2.05) is 6.92 Å². The van der Waals surface area contributed by atoms with Crippen molar-refractivity contribution in [3.8, 4) is 11.4 Å². The highest BCUT2D eigenvalue weighted by Crippen LogP contribution is 2.21. The summed E-state index contributed by atoms with van der Waals surface area (Å²) in [7, 11) is 0. The van der Waals surface area contributed by atoms with Gasteiger partial charge in [-0.05, 0) is 19.9 Å². The molecule has 2 aromatic rings. The highest BCUT2D eigenvalue weighted by atomic mass is 14.9. The van der Waals surface area contributed by atoms with Gasteiger partial charge in [-0.2, -0.15) is 0 Å². The molecule has 0 bridgehead atoms. The third kappa shape index (κ3) is 2.50. The second-order valence-corrected chi connectivity index (χ2v) is 4.15. The molecule has 0 fully saturated rings. The molecular formula is C12H17N5. The van der Waals surface area contributed by atoms with Gasteiger partial charge in [0.05, 0.1) is 17.6 Å². The first-order chi connectivity index (χ1) is 8.22. The van der Waals surface area contributed by atoms with Crippen LogP contribution in [0.3, 0.4) is 0 Å². The first kappa shape index (κ1) is 11.7. The first-order valence-corrected chi connectivity index (χ1v) is 5.75. The summed E-state index contributed by atoms with van der Waals surface area (Å²) in [5.41, 5.74) is 8.21. The van der Waals surface area contributed by atoms with Crippen molar-refractivity contribution in [3.05, 3.63) is 30.1 Å². The largest absolute Gasteiger partial charge is 0.340 e. The van der Waals surface area contributed by atoms with Crippen molar-refractivity contribution >= 4 is 0 Å². The lowest BCUT2D eigenvalue weighted by atomic mass is 10.1. The van der Waals surface area contributed by atoms with Gasteiger partial charge in [-0.15, -0.1) is 0 Å². The molecule has 0 aliphatic heterocycles. The molecule has 17 heavy (non-hydrogen) atoms. The smallest absolute Gasteiger partial charge is 0.109 e. The van der Waals surface area contributed by atoms with E-state index < -0.39 is 0 Å². The number of H-pyrrole nitrogens is 1. The van der Waals surface area contributed by atoms with E-state index in [9.17, 15) is 0 Å². The van der Waals surface area contributed by atoms with Gasteiger partial charge in [0.1, 0.15) is 11.5 Å². The number of rotatable bonds is 4. The molecule has 5 heteroatoms. The Morgan fingerprint density at radius 2 is 2.06 bits per heavy atom. The van der Waals surface area contributed by atoms with Crippen LogP contribution in [0.1, 0.15) is 30.8 Å². The molecular weight excluding hydrogens is 214 g/mol. The third-order valence-corrected chi connectivity index (χ3v) is 2.80. The summed E-state index contributed by atoms with van der Waals surface area (Å²) >= 11 is 0. The SMILES string of the molecule is Cc1nccnc1-c1cnc(C(C)CCN)[nH]1. The molecule has 2 rings (SSSR count). The highest BCUT2D eigenvalue weighted by molar-refractivity contribution is 5.55. The summed E-state index contributed by atoms with van der Waals surface area (Å²) in [5.74, 6) is 1.29. The maximum absolute atomic E-state index is 5.54. The molecule has 1 atom stereocenters. The van der Waals surface area contributed by atoms with Gasteiger partial charge in [0.2, 0.25) is 0 Å². The predicted octanol–water partition coefficient (Wildman–Crippen LogP) is 1.63. The summed E-state index contributed by atoms with van der Waals surface area (Å²) in [5, 5.41) is 0. The van der Waals surface area contributed by atoms with Crippen LogP contribution in [0, 0.1) is 6.92 Å². The van der Waals surface area contributed by atoms with Gasteiger partial charge in [0.25, 0.3) is 0 Å². The minimum atomic E-state index is 0.339. The molecule has 0 saturated heterocycles. The maximum Gasteiger partial charge on any atom is 0.109 e. The summed E-state index contributed by atoms with van der Waals surface area (Å²) < 4.78 is 0. The van der Waals surface area contributed by atoms with Crippen LogP contribution >= 0.6 is 0 Å². The number of nitrogens with one attached hydrogen (secondary N) is 1. The van der Waals surface area contributed by atoms with E-state index in [0.29, 0.717) is 12.5 Å². The molecule has 1 unspecified atom stereocenters. The average molecular weight is 231 g/mol. The van der Waals surface area contributed by atoms with Crippen molar-refractivity contribution in [2.45, 2.75) is 26.2 Å². The van der Waals surface area contributed by atoms with Gasteiger partial charge in [0.15, 0.2) is 0 Å². The molecule has 2 heterocycles. The van der Waals surface area contributed by atoms with Crippen LogP contribution in [0.4, 0.5) is 0 Å². The Labute approximate surface area is 101 Å². The Morgan fingerprint density at radius 1 is 1.29 bits per heavy atom. The number of aromatic nitrogens is 4. The standard InChI is InChI=1S/C12H17N5/c1-8(3-4-13)12-16-7-10(17-12)11-9(2)14-5-6-15-11/h5-8H,3-4,13H2,1-2H3,(H,16,17). The van der Waals surface area contributed by atoms with E-state index in [-0.39, 0.29) is 0 Å². The fourth-order valence-electron chi connectivity index (χ4n) is 1.77. The molecule has 0 aliphatic rings. The average Bonchev–Trinajstić information content (AvgIpc) is 2.79. The lowest BCUT2D eigenvalue weighted by molar-refractivity contribution is 0.655. The number of aryl methyl sites for hydroxylation is 1. The summed E-state index contributed by atoms with van der Waals surface area (Å²) in [6.07, 6.45) is 6.10. The third-order valence-electron chi connectivity index (χ3n) is 2.80. The van der Waals surface area contributed by atoms with Gasteiger partial charge < -0.3 is 10.7 Å². The summed E-state index contributed by atoms with van der Waals surface area (Å²) in [4.78, 5) is 16.2. The number of hydrogen-bond donors (Lipinski definition) is 2. The first-order valence-electron chi connectivity index (χ1n) is 5.75. The zero-order valence-corrected chi connectivity index (χ0v) is 10.1. The van der Waals surface area contributed by atoms with E-state index in [4.69, 9.17) is 5.73 Å². The van der Waals surface area contributed by atoms with Gasteiger partial charge in [-0.1, -0.05) is 6.92 Å². The number of aromatic amines is 1. The van der Waals surface area contributed by atoms with Gasteiger partial charge >= 0.3 is 0 Å². The minimum absolute atomic E-state index is 0.339. The van der Waals surface area contributed by atoms with E-state index >= 15 is 0 Å². The molecule has 0 saturated carbocycles. The molecule has 3 N–H and O–H groups in total. The number of imidazole rings is 1. The van der Waals surface area contributed by atoms with Crippen LogP contribution in [0.15, 0.2) is 18.6 Å². The molecule has 0 amide bonds. The van der Waals surface area contributed by atoms with Crippen molar-refractivity contribution in [1.29, 1.82) is 0 Å². The Kier molecular flexibility index (Phi) is 3.49. The molecule has 0 aromatic carbocycles. The van der Waals surface area contributed by atoms with Crippen molar-refractivity contribution in [3.63, 3.8) is 0 Å². The zero-order valence-electron chi connectivity index (χ0n) is 10.1. The number of nitrogens with zero attached hydrogens (tertiary/aromatic N) is 3. The van der Waals surface area contributed by atoms with E-state index in [0.717, 1.165) is 29.3 Å². The normalized spacial score (nSPS) is 12.6. The van der Waals surface area contributed by atoms with Crippen LogP contribution in [-0.2, 0) is 0 Å². The molecule has 0 radical (unpaired) electrons. The Morgan fingerprint density at radius 3 is 2.76 bits per heavy atom. The molecule has 0 aliphatic carbocycles. The second-order valence-electron chi connectivity index (χ2n) is 4.15. The topological polar surface area (TPSA) is 80.5 Å². The van der Waals surface area contributed by atoms with Crippen LogP contribution < -0.4 is 5.73 Å². The molecule has 2 aromatic heterocycles. The Hall–Kier alpha value is -1.75. The molecule has 5 nitrogen and oxygen atoms in total. The van der Waals surface area contributed by atoms with Gasteiger partial charge in [-0.3, -0.25) is 9.97 Å². The lowest BCUT2D eigenvalue weighted by Gasteiger charge is -2.05. The van der Waals surface area contributed by atoms with Crippen LogP contribution in [0.5, 0.6) is 0 Å². The predicted molar refractivity (Wildman–Crippen MR) is 66.4 cm³/mol. The van der Waals surface area contributed by atoms with E-state index in [2.05, 4.69) is 26.9 Å².